The van der Waals surface area contributed by atoms with Crippen molar-refractivity contribution in [2.45, 2.75) is 31.2 Å². The molecule has 2 N–H and O–H groups in total. The number of fused-ring (bicyclic) bond motifs is 1. The molecule has 0 aromatic heterocycles. The highest BCUT2D eigenvalue weighted by Crippen LogP contribution is 2.43. The number of hydrogen-bond donors (Lipinski definition) is 1. The number of halogens is 2. The van der Waals surface area contributed by atoms with E-state index in [2.05, 4.69) is 37.3 Å². The summed E-state index contributed by atoms with van der Waals surface area (Å²) in [5, 5.41) is 1.21. The Morgan fingerprint density at radius 1 is 1.10 bits per heavy atom. The van der Waals surface area contributed by atoms with Gasteiger partial charge in [-0.1, -0.05) is 53.5 Å². The zero-order chi connectivity index (χ0) is 14.3. The first kappa shape index (κ1) is 13.9. The van der Waals surface area contributed by atoms with E-state index in [1.165, 1.54) is 16.7 Å². The molecule has 0 amide bonds. The van der Waals surface area contributed by atoms with Gasteiger partial charge in [0, 0.05) is 11.5 Å². The molecule has 0 unspecified atom stereocenters. The normalized spacial score (nSPS) is 25.3. The van der Waals surface area contributed by atoms with Crippen LogP contribution in [-0.2, 0) is 5.54 Å². The summed E-state index contributed by atoms with van der Waals surface area (Å²) in [5.41, 5.74) is 9.95. The molecule has 3 rings (SSSR count). The smallest absolute Gasteiger partial charge is 0.0595 e. The predicted molar refractivity (Wildman–Crippen MR) is 85.5 cm³/mol. The van der Waals surface area contributed by atoms with Crippen LogP contribution in [0.5, 0.6) is 0 Å². The van der Waals surface area contributed by atoms with E-state index in [-0.39, 0.29) is 5.54 Å². The van der Waals surface area contributed by atoms with Gasteiger partial charge in [-0.05, 0) is 48.6 Å². The van der Waals surface area contributed by atoms with Crippen LogP contribution in [0.3, 0.4) is 0 Å². The van der Waals surface area contributed by atoms with Crippen molar-refractivity contribution in [2.75, 3.05) is 0 Å². The third-order valence-corrected chi connectivity index (χ3v) is 4.99. The highest BCUT2D eigenvalue weighted by atomic mass is 35.5. The molecule has 0 bridgehead atoms. The van der Waals surface area contributed by atoms with Crippen LogP contribution < -0.4 is 5.73 Å². The first-order valence-corrected chi connectivity index (χ1v) is 7.58. The van der Waals surface area contributed by atoms with Crippen molar-refractivity contribution in [3.05, 3.63) is 69.2 Å². The number of rotatable bonds is 1. The maximum absolute atomic E-state index is 6.44. The molecule has 0 heterocycles. The summed E-state index contributed by atoms with van der Waals surface area (Å²) in [6.45, 7) is 2.11. The molecule has 2 aromatic rings. The molecule has 1 aliphatic carbocycles. The van der Waals surface area contributed by atoms with Gasteiger partial charge in [-0.25, -0.2) is 0 Å². The van der Waals surface area contributed by atoms with Gasteiger partial charge in [0.05, 0.1) is 10.0 Å². The lowest BCUT2D eigenvalue weighted by molar-refractivity contribution is 0.391. The molecule has 0 aliphatic heterocycles. The fraction of sp³-hybridized carbons (Fsp3) is 0.294. The summed E-state index contributed by atoms with van der Waals surface area (Å²) in [6, 6.07) is 14.4. The van der Waals surface area contributed by atoms with Crippen molar-refractivity contribution in [3.8, 4) is 0 Å². The SMILES string of the molecule is C[C@]1(N)CC[C@@H](c2ccc(Cl)c(Cl)c2)c2ccccc21. The van der Waals surface area contributed by atoms with E-state index in [0.717, 1.165) is 12.8 Å². The molecule has 1 nitrogen and oxygen atoms in total. The summed E-state index contributed by atoms with van der Waals surface area (Å²) in [7, 11) is 0. The van der Waals surface area contributed by atoms with Crippen molar-refractivity contribution in [2.24, 2.45) is 5.73 Å². The molecular weight excluding hydrogens is 289 g/mol. The number of hydrogen-bond acceptors (Lipinski definition) is 1. The maximum Gasteiger partial charge on any atom is 0.0595 e. The molecule has 0 spiro atoms. The van der Waals surface area contributed by atoms with Crippen molar-refractivity contribution >= 4 is 23.2 Å². The van der Waals surface area contributed by atoms with Crippen LogP contribution in [0.25, 0.3) is 0 Å². The Morgan fingerprint density at radius 2 is 1.85 bits per heavy atom. The van der Waals surface area contributed by atoms with Gasteiger partial charge in [-0.3, -0.25) is 0 Å². The monoisotopic (exact) mass is 305 g/mol. The second kappa shape index (κ2) is 5.07. The minimum atomic E-state index is -0.247. The fourth-order valence-electron chi connectivity index (χ4n) is 3.13. The first-order valence-electron chi connectivity index (χ1n) is 6.82. The van der Waals surface area contributed by atoms with Gasteiger partial charge in [0.1, 0.15) is 0 Å². The largest absolute Gasteiger partial charge is 0.322 e. The zero-order valence-electron chi connectivity index (χ0n) is 11.4. The average Bonchev–Trinajstić information content (AvgIpc) is 2.43. The molecule has 1 aliphatic rings. The van der Waals surface area contributed by atoms with Crippen LogP contribution in [0, 0.1) is 0 Å². The highest BCUT2D eigenvalue weighted by molar-refractivity contribution is 6.42. The van der Waals surface area contributed by atoms with Gasteiger partial charge in [-0.2, -0.15) is 0 Å². The second-order valence-corrected chi connectivity index (χ2v) is 6.58. The molecule has 0 saturated heterocycles. The van der Waals surface area contributed by atoms with Crippen LogP contribution in [0.2, 0.25) is 10.0 Å². The number of nitrogens with two attached hydrogens (primary N) is 1. The van der Waals surface area contributed by atoms with E-state index in [9.17, 15) is 0 Å². The van der Waals surface area contributed by atoms with E-state index in [0.29, 0.717) is 16.0 Å². The molecule has 3 heteroatoms. The quantitative estimate of drug-likeness (QED) is 0.780. The van der Waals surface area contributed by atoms with E-state index in [1.54, 1.807) is 0 Å². The summed E-state index contributed by atoms with van der Waals surface area (Å²) in [5.74, 6) is 0.345. The first-order chi connectivity index (χ1) is 9.49. The van der Waals surface area contributed by atoms with Crippen molar-refractivity contribution in [1.29, 1.82) is 0 Å². The predicted octanol–water partition coefficient (Wildman–Crippen LogP) is 5.09. The molecule has 20 heavy (non-hydrogen) atoms. The zero-order valence-corrected chi connectivity index (χ0v) is 12.9. The summed E-state index contributed by atoms with van der Waals surface area (Å²) in [6.07, 6.45) is 2.00. The van der Waals surface area contributed by atoms with Crippen LogP contribution in [0.15, 0.2) is 42.5 Å². The van der Waals surface area contributed by atoms with E-state index in [4.69, 9.17) is 28.9 Å². The fourth-order valence-corrected chi connectivity index (χ4v) is 3.44. The Balaban J connectivity index is 2.10. The van der Waals surface area contributed by atoms with Crippen LogP contribution in [0.4, 0.5) is 0 Å². The van der Waals surface area contributed by atoms with Crippen LogP contribution in [0.1, 0.15) is 42.4 Å². The molecule has 0 saturated carbocycles. The Morgan fingerprint density at radius 3 is 2.60 bits per heavy atom. The van der Waals surface area contributed by atoms with Gasteiger partial charge in [0.25, 0.3) is 0 Å². The Kier molecular flexibility index (Phi) is 3.53. The molecule has 0 fully saturated rings. The maximum atomic E-state index is 6.44. The lowest BCUT2D eigenvalue weighted by atomic mass is 9.71. The van der Waals surface area contributed by atoms with E-state index < -0.39 is 0 Å². The Hall–Kier alpha value is -1.02. The summed E-state index contributed by atoms with van der Waals surface area (Å²) < 4.78 is 0. The van der Waals surface area contributed by atoms with Crippen molar-refractivity contribution in [3.63, 3.8) is 0 Å². The van der Waals surface area contributed by atoms with Gasteiger partial charge >= 0.3 is 0 Å². The van der Waals surface area contributed by atoms with Gasteiger partial charge < -0.3 is 5.73 Å². The minimum Gasteiger partial charge on any atom is -0.322 e. The topological polar surface area (TPSA) is 26.0 Å². The molecule has 0 radical (unpaired) electrons. The molecule has 2 atom stereocenters. The van der Waals surface area contributed by atoms with Crippen molar-refractivity contribution < 1.29 is 0 Å². The second-order valence-electron chi connectivity index (χ2n) is 5.77. The van der Waals surface area contributed by atoms with Crippen LogP contribution in [-0.4, -0.2) is 0 Å². The summed E-state index contributed by atoms with van der Waals surface area (Å²) >= 11 is 12.2. The molecule has 2 aromatic carbocycles. The van der Waals surface area contributed by atoms with Gasteiger partial charge in [-0.15, -0.1) is 0 Å². The van der Waals surface area contributed by atoms with Gasteiger partial charge in [0.15, 0.2) is 0 Å². The molecule has 104 valence electrons. The third kappa shape index (κ3) is 2.35. The highest BCUT2D eigenvalue weighted by Gasteiger charge is 2.33. The standard InChI is InChI=1S/C17H17Cl2N/c1-17(20)9-8-12(13-4-2-3-5-14(13)17)11-6-7-15(18)16(19)10-11/h2-7,10,12H,8-9,20H2,1H3/t12-,17-/m0/s1. The van der Waals surface area contributed by atoms with Crippen molar-refractivity contribution in [1.82, 2.24) is 0 Å². The van der Waals surface area contributed by atoms with Gasteiger partial charge in [0.2, 0.25) is 0 Å². The third-order valence-electron chi connectivity index (χ3n) is 4.25. The molecular formula is C17H17Cl2N. The summed E-state index contributed by atoms with van der Waals surface area (Å²) in [4.78, 5) is 0. The minimum absolute atomic E-state index is 0.247. The Bertz CT molecular complexity index is 649. The van der Waals surface area contributed by atoms with E-state index >= 15 is 0 Å². The Labute approximate surface area is 129 Å². The lowest BCUT2D eigenvalue weighted by Gasteiger charge is -2.37. The van der Waals surface area contributed by atoms with E-state index in [1.807, 2.05) is 12.1 Å². The average molecular weight is 306 g/mol. The number of benzene rings is 2. The van der Waals surface area contributed by atoms with Crippen LogP contribution >= 0.6 is 23.2 Å². The lowest BCUT2D eigenvalue weighted by Crippen LogP contribution is -2.38.